The molecule has 0 atom stereocenters. The van der Waals surface area contributed by atoms with Gasteiger partial charge in [-0.15, -0.1) is 0 Å². The molecule has 3 aromatic heterocycles. The van der Waals surface area contributed by atoms with E-state index in [0.29, 0.717) is 11.3 Å². The average Bonchev–Trinajstić information content (AvgIpc) is 3.98. The molecule has 2 bridgehead atoms. The second kappa shape index (κ2) is 17.0. The number of aromatic hydroxyl groups is 1. The summed E-state index contributed by atoms with van der Waals surface area (Å²) in [6, 6.07) is 61.6. The Kier molecular flexibility index (Phi) is 10.6. The van der Waals surface area contributed by atoms with E-state index in [1.54, 1.807) is 0 Å². The largest absolute Gasteiger partial charge is 0.507 e. The molecule has 14 rings (SSSR count). The first-order valence-electron chi connectivity index (χ1n) is 26.8. The van der Waals surface area contributed by atoms with Gasteiger partial charge in [0.05, 0.1) is 33.7 Å². The first-order chi connectivity index (χ1) is 36.0. The minimum atomic E-state index is -0.0415. The van der Waals surface area contributed by atoms with Crippen LogP contribution in [0.25, 0.3) is 83.7 Å². The van der Waals surface area contributed by atoms with Gasteiger partial charge in [0, 0.05) is 33.7 Å². The molecule has 3 aliphatic rings. The van der Waals surface area contributed by atoms with Gasteiger partial charge in [0.25, 0.3) is 0 Å². The third-order valence-electron chi connectivity index (χ3n) is 16.3. The monoisotopic (exact) mass is 977 g/mol. The summed E-state index contributed by atoms with van der Waals surface area (Å²) in [4.78, 5) is 11.0. The maximum atomic E-state index is 11.7. The van der Waals surface area contributed by atoms with Gasteiger partial charge in [0.15, 0.2) is 0 Å². The van der Waals surface area contributed by atoms with Gasteiger partial charge in [0.2, 0.25) is 0 Å². The van der Waals surface area contributed by atoms with Crippen molar-refractivity contribution in [3.05, 3.63) is 225 Å². The number of para-hydroxylation sites is 3. The molecule has 0 aliphatic heterocycles. The van der Waals surface area contributed by atoms with Gasteiger partial charge in [-0.3, -0.25) is 4.57 Å². The topological polar surface area (TPSA) is 64.1 Å². The number of aromatic nitrogens is 3. The number of rotatable bonds is 7. The molecule has 5 nitrogen and oxygen atoms in total. The molecule has 0 amide bonds. The molecule has 5 heteroatoms. The Balaban J connectivity index is 1.06. The van der Waals surface area contributed by atoms with Gasteiger partial charge in [-0.2, -0.15) is 0 Å². The maximum absolute atomic E-state index is 11.7. The summed E-state index contributed by atoms with van der Waals surface area (Å²) in [6.45, 7) is 22.7. The van der Waals surface area contributed by atoms with Crippen molar-refractivity contribution in [2.45, 2.75) is 104 Å². The Labute approximate surface area is 440 Å². The molecule has 11 aromatic rings. The van der Waals surface area contributed by atoms with Crippen LogP contribution >= 0.6 is 0 Å². The second-order valence-electron chi connectivity index (χ2n) is 23.9. The number of benzene rings is 8. The van der Waals surface area contributed by atoms with Gasteiger partial charge in [0.1, 0.15) is 22.7 Å². The molecular formula is C70H63N3O2. The highest BCUT2D eigenvalue weighted by Gasteiger charge is 2.42. The third kappa shape index (κ3) is 7.48. The number of pyridine rings is 1. The summed E-state index contributed by atoms with van der Waals surface area (Å²) in [5, 5.41) is 13.8. The highest BCUT2D eigenvalue weighted by atomic mass is 16.3. The quantitative estimate of drug-likeness (QED) is 0.173. The lowest BCUT2D eigenvalue weighted by Gasteiger charge is -2.42. The van der Waals surface area contributed by atoms with E-state index in [1.165, 1.54) is 61.3 Å². The molecule has 75 heavy (non-hydrogen) atoms. The maximum Gasteiger partial charge on any atom is 0.149 e. The normalized spacial score (nSPS) is 15.1. The van der Waals surface area contributed by atoms with Crippen LogP contribution in [-0.2, 0) is 10.8 Å². The summed E-state index contributed by atoms with van der Waals surface area (Å²) in [5.74, 6) is 1.73. The van der Waals surface area contributed by atoms with Crippen molar-refractivity contribution in [1.29, 1.82) is 0 Å². The van der Waals surface area contributed by atoms with Crippen LogP contribution in [0.1, 0.15) is 149 Å². The predicted octanol–water partition coefficient (Wildman–Crippen LogP) is 18.5. The molecule has 370 valence electrons. The molecule has 3 aliphatic carbocycles. The van der Waals surface area contributed by atoms with Crippen molar-refractivity contribution in [3.63, 3.8) is 0 Å². The summed E-state index contributed by atoms with van der Waals surface area (Å²) in [5.41, 5.74) is 24.0. The van der Waals surface area contributed by atoms with Crippen LogP contribution in [0.2, 0.25) is 0 Å². The zero-order valence-electron chi connectivity index (χ0n) is 44.7. The van der Waals surface area contributed by atoms with Gasteiger partial charge >= 0.3 is 0 Å². The van der Waals surface area contributed by atoms with Crippen LogP contribution in [0.15, 0.2) is 174 Å². The molecule has 0 spiro atoms. The van der Waals surface area contributed by atoms with Crippen LogP contribution < -0.4 is 0 Å². The summed E-state index contributed by atoms with van der Waals surface area (Å²) < 4.78 is 9.74. The Bertz CT molecular complexity index is 4030. The summed E-state index contributed by atoms with van der Waals surface area (Å²) in [7, 11) is 0. The van der Waals surface area contributed by atoms with Crippen LogP contribution in [0, 0.1) is 0 Å². The lowest BCUT2D eigenvalue weighted by Crippen LogP contribution is -2.27. The molecule has 0 unspecified atom stereocenters. The van der Waals surface area contributed by atoms with E-state index in [0.717, 1.165) is 66.7 Å². The summed E-state index contributed by atoms with van der Waals surface area (Å²) in [6.07, 6.45) is 0. The molecule has 0 saturated heterocycles. The molecule has 0 radical (unpaired) electrons. The van der Waals surface area contributed by atoms with Gasteiger partial charge in [-0.1, -0.05) is 178 Å². The van der Waals surface area contributed by atoms with E-state index < -0.39 is 0 Å². The van der Waals surface area contributed by atoms with Crippen molar-refractivity contribution in [2.75, 3.05) is 0 Å². The Morgan fingerprint density at radius 2 is 1.04 bits per heavy atom. The van der Waals surface area contributed by atoms with E-state index in [2.05, 4.69) is 225 Å². The number of fused-ring (bicyclic) bond motifs is 4. The lowest BCUT2D eigenvalue weighted by molar-refractivity contribution is 0.477. The van der Waals surface area contributed by atoms with Crippen LogP contribution in [0.5, 0.6) is 5.75 Å². The Morgan fingerprint density at radius 3 is 1.65 bits per heavy atom. The number of hydrogen-bond donors (Lipinski definition) is 1. The van der Waals surface area contributed by atoms with E-state index in [4.69, 9.17) is 14.4 Å². The van der Waals surface area contributed by atoms with Crippen molar-refractivity contribution in [2.24, 2.45) is 0 Å². The predicted molar refractivity (Wildman–Crippen MR) is 310 cm³/mol. The van der Waals surface area contributed by atoms with Crippen molar-refractivity contribution in [1.82, 2.24) is 14.5 Å². The van der Waals surface area contributed by atoms with Gasteiger partial charge in [-0.25, -0.2) is 9.97 Å². The Morgan fingerprint density at radius 1 is 0.480 bits per heavy atom. The first-order valence-corrected chi connectivity index (χ1v) is 26.8. The molecule has 0 saturated carbocycles. The number of phenolic OH excluding ortho intramolecular Hbond substituents is 1. The summed E-state index contributed by atoms with van der Waals surface area (Å²) >= 11 is 0. The fourth-order valence-electron chi connectivity index (χ4n) is 12.4. The minimum Gasteiger partial charge on any atom is -0.507 e. The van der Waals surface area contributed by atoms with Crippen LogP contribution in [0.3, 0.4) is 0 Å². The van der Waals surface area contributed by atoms with Crippen LogP contribution in [0.4, 0.5) is 0 Å². The number of furan rings is 1. The number of phenols is 1. The van der Waals surface area contributed by atoms with Crippen LogP contribution in [-0.4, -0.2) is 19.6 Å². The molecular weight excluding hydrogens is 915 g/mol. The minimum absolute atomic E-state index is 0.0415. The van der Waals surface area contributed by atoms with Crippen molar-refractivity contribution in [3.8, 4) is 56.5 Å². The van der Waals surface area contributed by atoms with Crippen molar-refractivity contribution < 1.29 is 9.52 Å². The smallest absolute Gasteiger partial charge is 0.149 e. The number of hydrogen-bond acceptors (Lipinski definition) is 4. The first kappa shape index (κ1) is 46.7. The molecule has 3 heterocycles. The Hall–Kier alpha value is -8.02. The number of imidazole rings is 1. The average molecular weight is 978 g/mol. The standard InChI is InChI=1S/C70H63N3O2/c1-39(2)46-23-17-24-47(40(3)4)66(46)73-61-28-16-15-25-60(61)72-68(73)57-35-43(58-26-18-27-59(71-58)56-33-41(29-30-62(56)74)42-31-44(69(5,6)7)36-45(32-42)70(8,9)10)34-55-52-37-53-54(38-63(52)75-67(55)57)65-50-21-13-11-19-48(50)64(53)49-20-12-14-22-51(49)65/h11-40,64-65,74H,1-10H3. The second-order valence-corrected chi connectivity index (χ2v) is 23.9. The number of nitrogens with zero attached hydrogens (tertiary/aromatic N) is 3. The zero-order valence-corrected chi connectivity index (χ0v) is 44.7. The van der Waals surface area contributed by atoms with E-state index >= 15 is 0 Å². The van der Waals surface area contributed by atoms with Gasteiger partial charge in [-0.05, 0) is 150 Å². The van der Waals surface area contributed by atoms with E-state index in [9.17, 15) is 5.11 Å². The molecule has 0 fully saturated rings. The fraction of sp³-hybridized carbons (Fsp3) is 0.229. The fourth-order valence-corrected chi connectivity index (χ4v) is 12.4. The SMILES string of the molecule is CC(C)c1cccc(C(C)C)c1-n1c(-c2cc(-c3cccc(-c4cc(-c5cc(C(C)(C)C)cc(C(C)(C)C)c5)ccc4O)n3)cc3c2oc2cc4c(cc23)C2c3ccccc3C4c3ccccc32)nc2ccccc21. The third-order valence-corrected chi connectivity index (χ3v) is 16.3. The van der Waals surface area contributed by atoms with E-state index in [1.807, 2.05) is 18.2 Å². The van der Waals surface area contributed by atoms with Crippen molar-refractivity contribution >= 4 is 33.0 Å². The molecule has 1 N–H and O–H groups in total. The lowest BCUT2D eigenvalue weighted by atomic mass is 9.61. The van der Waals surface area contributed by atoms with Gasteiger partial charge < -0.3 is 9.52 Å². The van der Waals surface area contributed by atoms with E-state index in [-0.39, 0.29) is 40.3 Å². The molecule has 8 aromatic carbocycles. The highest BCUT2D eigenvalue weighted by Crippen LogP contribution is 2.57. The highest BCUT2D eigenvalue weighted by molar-refractivity contribution is 6.12. The zero-order chi connectivity index (χ0) is 51.8.